The quantitative estimate of drug-likeness (QED) is 0.458. The number of thiophene rings is 1. The van der Waals surface area contributed by atoms with Crippen molar-refractivity contribution in [1.29, 1.82) is 0 Å². The van der Waals surface area contributed by atoms with E-state index in [1.807, 2.05) is 17.5 Å². The number of sulfonamides is 1. The first-order valence-electron chi connectivity index (χ1n) is 10.1. The second-order valence-electron chi connectivity index (χ2n) is 6.90. The lowest BCUT2D eigenvalue weighted by Crippen LogP contribution is -2.27. The highest BCUT2D eigenvalue weighted by Gasteiger charge is 2.15. The highest BCUT2D eigenvalue weighted by atomic mass is 32.2. The van der Waals surface area contributed by atoms with Crippen LogP contribution in [0.2, 0.25) is 0 Å². The molecule has 0 aliphatic rings. The van der Waals surface area contributed by atoms with Crippen molar-refractivity contribution in [3.8, 4) is 0 Å². The van der Waals surface area contributed by atoms with Gasteiger partial charge in [-0.15, -0.1) is 11.3 Å². The van der Waals surface area contributed by atoms with Crippen LogP contribution in [0, 0.1) is 0 Å². The van der Waals surface area contributed by atoms with Crippen LogP contribution in [-0.2, 0) is 23.1 Å². The summed E-state index contributed by atoms with van der Waals surface area (Å²) in [5, 5.41) is 8.97. The molecule has 10 heteroatoms. The van der Waals surface area contributed by atoms with Gasteiger partial charge < -0.3 is 10.2 Å². The molecule has 0 spiro atoms. The fourth-order valence-corrected chi connectivity index (χ4v) is 4.73. The number of nitrogens with one attached hydrogen (secondary N) is 2. The van der Waals surface area contributed by atoms with Crippen molar-refractivity contribution in [3.05, 3.63) is 64.6 Å². The molecule has 3 rings (SSSR count). The van der Waals surface area contributed by atoms with Crippen LogP contribution in [0.3, 0.4) is 0 Å². The first-order chi connectivity index (χ1) is 14.9. The summed E-state index contributed by atoms with van der Waals surface area (Å²) in [6.45, 7) is 8.07. The minimum Gasteiger partial charge on any atom is -0.319 e. The maximum absolute atomic E-state index is 12.5. The molecule has 2 N–H and O–H groups in total. The molecule has 8 nitrogen and oxygen atoms in total. The SMILES string of the molecule is CCN(CC)CCn1cc(NC(=O)c2ccc(S(=O)(=O)NCc3cccs3)cc2)cn1. The summed E-state index contributed by atoms with van der Waals surface area (Å²) in [5.74, 6) is -0.321. The predicted molar refractivity (Wildman–Crippen MR) is 123 cm³/mol. The third kappa shape index (κ3) is 6.47. The number of likely N-dealkylation sites (N-methyl/N-ethyl adjacent to an activating group) is 1. The van der Waals surface area contributed by atoms with E-state index in [2.05, 4.69) is 33.9 Å². The lowest BCUT2D eigenvalue weighted by Gasteiger charge is -2.17. The molecule has 166 valence electrons. The average Bonchev–Trinajstić information content (AvgIpc) is 3.45. The molecule has 0 fully saturated rings. The molecule has 2 heterocycles. The Labute approximate surface area is 186 Å². The molecular formula is C21H27N5O3S2. The zero-order valence-corrected chi connectivity index (χ0v) is 19.2. The minimum absolute atomic E-state index is 0.116. The molecule has 3 aromatic rings. The summed E-state index contributed by atoms with van der Waals surface area (Å²) in [6, 6.07) is 9.60. The van der Waals surface area contributed by atoms with Crippen molar-refractivity contribution in [2.24, 2.45) is 0 Å². The van der Waals surface area contributed by atoms with Gasteiger partial charge in [0, 0.05) is 29.7 Å². The molecular weight excluding hydrogens is 434 g/mol. The second-order valence-corrected chi connectivity index (χ2v) is 9.70. The van der Waals surface area contributed by atoms with Gasteiger partial charge >= 0.3 is 0 Å². The monoisotopic (exact) mass is 461 g/mol. The Morgan fingerprint density at radius 3 is 2.55 bits per heavy atom. The molecule has 0 aliphatic carbocycles. The van der Waals surface area contributed by atoms with Crippen molar-refractivity contribution >= 4 is 33.0 Å². The third-order valence-electron chi connectivity index (χ3n) is 4.87. The lowest BCUT2D eigenvalue weighted by molar-refractivity contribution is 0.102. The van der Waals surface area contributed by atoms with Gasteiger partial charge in [0.05, 0.1) is 23.3 Å². The van der Waals surface area contributed by atoms with Crippen LogP contribution in [0.4, 0.5) is 5.69 Å². The van der Waals surface area contributed by atoms with Crippen molar-refractivity contribution in [2.75, 3.05) is 25.0 Å². The molecule has 0 saturated heterocycles. The van der Waals surface area contributed by atoms with Crippen molar-refractivity contribution in [2.45, 2.75) is 31.8 Å². The van der Waals surface area contributed by atoms with Crippen LogP contribution in [0.5, 0.6) is 0 Å². The van der Waals surface area contributed by atoms with Gasteiger partial charge in [-0.25, -0.2) is 13.1 Å². The van der Waals surface area contributed by atoms with E-state index in [1.54, 1.807) is 17.1 Å². The standard InChI is InChI=1S/C21H27N5O3S2/c1-3-25(4-2)11-12-26-16-18(14-22-26)24-21(27)17-7-9-20(10-8-17)31(28,29)23-15-19-6-5-13-30-19/h5-10,13-14,16,23H,3-4,11-12,15H2,1-2H3,(H,24,27). The fraction of sp³-hybridized carbons (Fsp3) is 0.333. The Hall–Kier alpha value is -2.53. The predicted octanol–water partition coefficient (Wildman–Crippen LogP) is 3.02. The van der Waals surface area contributed by atoms with E-state index >= 15 is 0 Å². The van der Waals surface area contributed by atoms with Crippen LogP contribution in [0.15, 0.2) is 59.1 Å². The van der Waals surface area contributed by atoms with Gasteiger partial charge in [0.1, 0.15) is 0 Å². The Kier molecular flexibility index (Phi) is 7.97. The van der Waals surface area contributed by atoms with E-state index in [0.717, 1.165) is 31.1 Å². The van der Waals surface area contributed by atoms with Crippen LogP contribution in [-0.4, -0.2) is 48.6 Å². The Morgan fingerprint density at radius 1 is 1.16 bits per heavy atom. The first kappa shape index (κ1) is 23.1. The number of aromatic nitrogens is 2. The van der Waals surface area contributed by atoms with E-state index in [-0.39, 0.29) is 17.3 Å². The van der Waals surface area contributed by atoms with Crippen LogP contribution in [0.25, 0.3) is 0 Å². The van der Waals surface area contributed by atoms with Crippen LogP contribution < -0.4 is 10.0 Å². The summed E-state index contributed by atoms with van der Waals surface area (Å²) in [4.78, 5) is 15.8. The number of hydrogen-bond donors (Lipinski definition) is 2. The summed E-state index contributed by atoms with van der Waals surface area (Å²) in [5.41, 5.74) is 0.965. The van der Waals surface area contributed by atoms with E-state index in [0.29, 0.717) is 11.3 Å². The Bertz CT molecular complexity index is 1070. The normalized spacial score (nSPS) is 11.7. The number of carbonyl (C=O) groups is 1. The molecule has 2 aromatic heterocycles. The van der Waals surface area contributed by atoms with E-state index in [9.17, 15) is 13.2 Å². The van der Waals surface area contributed by atoms with E-state index in [1.165, 1.54) is 35.6 Å². The van der Waals surface area contributed by atoms with E-state index in [4.69, 9.17) is 0 Å². The van der Waals surface area contributed by atoms with Crippen molar-refractivity contribution in [1.82, 2.24) is 19.4 Å². The number of nitrogens with zero attached hydrogens (tertiary/aromatic N) is 3. The summed E-state index contributed by atoms with van der Waals surface area (Å²) < 4.78 is 29.2. The van der Waals surface area contributed by atoms with Crippen molar-refractivity contribution in [3.63, 3.8) is 0 Å². The fourth-order valence-electron chi connectivity index (χ4n) is 2.99. The van der Waals surface area contributed by atoms with Gasteiger partial charge in [-0.3, -0.25) is 9.48 Å². The molecule has 0 aliphatic heterocycles. The third-order valence-corrected chi connectivity index (χ3v) is 7.17. The lowest BCUT2D eigenvalue weighted by atomic mass is 10.2. The van der Waals surface area contributed by atoms with Crippen molar-refractivity contribution < 1.29 is 13.2 Å². The van der Waals surface area contributed by atoms with Gasteiger partial charge in [0.15, 0.2) is 0 Å². The molecule has 31 heavy (non-hydrogen) atoms. The molecule has 0 unspecified atom stereocenters. The number of anilines is 1. The molecule has 0 radical (unpaired) electrons. The zero-order valence-electron chi connectivity index (χ0n) is 17.6. The first-order valence-corrected chi connectivity index (χ1v) is 12.5. The van der Waals surface area contributed by atoms with Crippen LogP contribution >= 0.6 is 11.3 Å². The number of benzene rings is 1. The van der Waals surface area contributed by atoms with Crippen LogP contribution in [0.1, 0.15) is 29.1 Å². The minimum atomic E-state index is -3.64. The average molecular weight is 462 g/mol. The number of carbonyl (C=O) groups excluding carboxylic acids is 1. The molecule has 1 amide bonds. The van der Waals surface area contributed by atoms with Gasteiger partial charge in [-0.05, 0) is 48.8 Å². The van der Waals surface area contributed by atoms with Gasteiger partial charge in [0.2, 0.25) is 10.0 Å². The number of hydrogen-bond acceptors (Lipinski definition) is 6. The number of rotatable bonds is 11. The highest BCUT2D eigenvalue weighted by Crippen LogP contribution is 2.15. The molecule has 0 atom stereocenters. The highest BCUT2D eigenvalue weighted by molar-refractivity contribution is 7.89. The maximum Gasteiger partial charge on any atom is 0.255 e. The zero-order chi connectivity index (χ0) is 22.3. The molecule has 1 aromatic carbocycles. The second kappa shape index (κ2) is 10.7. The van der Waals surface area contributed by atoms with Gasteiger partial charge in [-0.1, -0.05) is 19.9 Å². The number of amides is 1. The maximum atomic E-state index is 12.5. The Morgan fingerprint density at radius 2 is 1.90 bits per heavy atom. The van der Waals surface area contributed by atoms with Gasteiger partial charge in [0.25, 0.3) is 5.91 Å². The summed E-state index contributed by atoms with van der Waals surface area (Å²) in [6.07, 6.45) is 3.39. The summed E-state index contributed by atoms with van der Waals surface area (Å²) >= 11 is 1.49. The van der Waals surface area contributed by atoms with E-state index < -0.39 is 10.0 Å². The molecule has 0 bridgehead atoms. The summed E-state index contributed by atoms with van der Waals surface area (Å²) in [7, 11) is -3.64. The smallest absolute Gasteiger partial charge is 0.255 e. The largest absolute Gasteiger partial charge is 0.319 e. The molecule has 0 saturated carbocycles. The Balaban J connectivity index is 1.56. The van der Waals surface area contributed by atoms with Gasteiger partial charge in [-0.2, -0.15) is 5.10 Å². The topological polar surface area (TPSA) is 96.3 Å².